The summed E-state index contributed by atoms with van der Waals surface area (Å²) in [6.07, 6.45) is 6.99. The molecule has 3 aromatic carbocycles. The summed E-state index contributed by atoms with van der Waals surface area (Å²) in [6.45, 7) is 7.87. The molecule has 6 rings (SSSR count). The van der Waals surface area contributed by atoms with Crippen LogP contribution in [0.5, 0.6) is 11.5 Å². The number of hydrogen-bond acceptors (Lipinski definition) is 5. The molecule has 4 aromatic rings. The number of rotatable bonds is 12. The van der Waals surface area contributed by atoms with Crippen molar-refractivity contribution in [2.75, 3.05) is 58.9 Å². The number of nitrogens with zero attached hydrogens (tertiary/aromatic N) is 4. The molecule has 0 atom stereocenters. The number of nitrogens with one attached hydrogen (secondary N) is 1. The average Bonchev–Trinajstić information content (AvgIpc) is 3.72. The lowest BCUT2D eigenvalue weighted by molar-refractivity contribution is -0.869. The molecule has 1 aliphatic carbocycles. The first-order chi connectivity index (χ1) is 23.0. The van der Waals surface area contributed by atoms with Crippen molar-refractivity contribution in [1.29, 1.82) is 0 Å². The quantitative estimate of drug-likeness (QED) is 0.150. The number of fused-ring (bicyclic) bond motifs is 1. The van der Waals surface area contributed by atoms with Crippen LogP contribution in [0.2, 0.25) is 0 Å². The number of anilines is 1. The van der Waals surface area contributed by atoms with E-state index >= 15 is 0 Å². The first-order valence-corrected chi connectivity index (χ1v) is 17.0. The monoisotopic (exact) mass is 650 g/mol. The van der Waals surface area contributed by atoms with E-state index in [4.69, 9.17) is 9.47 Å². The summed E-state index contributed by atoms with van der Waals surface area (Å²) in [4.78, 5) is 28.5. The predicted molar refractivity (Wildman–Crippen MR) is 189 cm³/mol. The second-order valence-corrected chi connectivity index (χ2v) is 14.5. The molecule has 1 N–H and O–H groups in total. The molecule has 1 aromatic heterocycles. The molecule has 9 nitrogen and oxygen atoms in total. The Hall–Kier alpha value is -4.63. The minimum absolute atomic E-state index is 0.00842. The molecule has 252 valence electrons. The van der Waals surface area contributed by atoms with Crippen LogP contribution in [-0.2, 0) is 11.3 Å². The molecular weight excluding hydrogens is 602 g/mol. The van der Waals surface area contributed by atoms with Gasteiger partial charge >= 0.3 is 0 Å². The van der Waals surface area contributed by atoms with E-state index in [1.165, 1.54) is 5.56 Å². The number of para-hydroxylation sites is 1. The second kappa shape index (κ2) is 13.8. The zero-order chi connectivity index (χ0) is 33.9. The SMILES string of the molecule is Cc1cccc(OCCCC(=O)N2CC3(CC3)COc3c(-c4cnn(Cc5cccc(C(=O)NCC[N+](C)(C)C)c5)c4)cccc32)c1C. The van der Waals surface area contributed by atoms with Crippen LogP contribution in [0.25, 0.3) is 11.1 Å². The van der Waals surface area contributed by atoms with Crippen molar-refractivity contribution >= 4 is 17.5 Å². The second-order valence-electron chi connectivity index (χ2n) is 14.5. The molecule has 2 aliphatic rings. The molecular formula is C39H48N5O4+. The maximum Gasteiger partial charge on any atom is 0.251 e. The Morgan fingerprint density at radius 2 is 1.83 bits per heavy atom. The van der Waals surface area contributed by atoms with Gasteiger partial charge in [0.2, 0.25) is 5.91 Å². The zero-order valence-corrected chi connectivity index (χ0v) is 28.9. The van der Waals surface area contributed by atoms with Gasteiger partial charge in [-0.15, -0.1) is 0 Å². The fraction of sp³-hybridized carbons (Fsp3) is 0.410. The van der Waals surface area contributed by atoms with Crippen LogP contribution in [0.4, 0.5) is 5.69 Å². The third-order valence-corrected chi connectivity index (χ3v) is 9.45. The Morgan fingerprint density at radius 3 is 2.62 bits per heavy atom. The Labute approximate surface area is 284 Å². The van der Waals surface area contributed by atoms with Gasteiger partial charge in [0.15, 0.2) is 5.75 Å². The van der Waals surface area contributed by atoms with Crippen molar-refractivity contribution in [3.8, 4) is 22.6 Å². The Bertz CT molecular complexity index is 1790. The Kier molecular flexibility index (Phi) is 9.60. The number of aromatic nitrogens is 2. The van der Waals surface area contributed by atoms with E-state index < -0.39 is 0 Å². The normalized spacial score (nSPS) is 15.0. The van der Waals surface area contributed by atoms with Crippen molar-refractivity contribution in [2.45, 2.75) is 46.1 Å². The van der Waals surface area contributed by atoms with Crippen molar-refractivity contribution in [2.24, 2.45) is 5.41 Å². The minimum Gasteiger partial charge on any atom is -0.493 e. The van der Waals surface area contributed by atoms with E-state index in [0.717, 1.165) is 63.3 Å². The number of benzene rings is 3. The number of hydrogen-bond donors (Lipinski definition) is 1. The highest BCUT2D eigenvalue weighted by Gasteiger charge is 2.48. The number of carbonyl (C=O) groups is 2. The fourth-order valence-electron chi connectivity index (χ4n) is 6.12. The standard InChI is InChI=1S/C39H47N5O4/c1-28-10-6-15-35(29(28)2)47-21-9-16-36(45)43-26-39(17-18-39)27-48-37-33(13-8-14-34(37)43)32-23-41-42(25-32)24-30-11-7-12-31(22-30)38(46)40-19-20-44(3,4)5/h6-8,10-15,22-23,25H,9,16-21,24,26-27H2,1-5H3/p+1. The van der Waals surface area contributed by atoms with Crippen molar-refractivity contribution in [1.82, 2.24) is 15.1 Å². The van der Waals surface area contributed by atoms with Crippen molar-refractivity contribution < 1.29 is 23.5 Å². The van der Waals surface area contributed by atoms with E-state index in [9.17, 15) is 9.59 Å². The molecule has 1 saturated carbocycles. The van der Waals surface area contributed by atoms with Gasteiger partial charge in [0.1, 0.15) is 5.75 Å². The molecule has 0 radical (unpaired) electrons. The molecule has 1 aliphatic heterocycles. The number of quaternary nitrogens is 1. The molecule has 0 unspecified atom stereocenters. The summed E-state index contributed by atoms with van der Waals surface area (Å²) in [5.74, 6) is 1.62. The fourth-order valence-corrected chi connectivity index (χ4v) is 6.12. The summed E-state index contributed by atoms with van der Waals surface area (Å²) < 4.78 is 15.2. The van der Waals surface area contributed by atoms with Crippen LogP contribution in [0.1, 0.15) is 52.7 Å². The number of ether oxygens (including phenoxy) is 2. The molecule has 48 heavy (non-hydrogen) atoms. The summed E-state index contributed by atoms with van der Waals surface area (Å²) in [6, 6.07) is 19.8. The minimum atomic E-state index is -0.0722. The lowest BCUT2D eigenvalue weighted by Gasteiger charge is -2.25. The van der Waals surface area contributed by atoms with Gasteiger partial charge in [-0.05, 0) is 74.1 Å². The van der Waals surface area contributed by atoms with Crippen LogP contribution < -0.4 is 19.7 Å². The van der Waals surface area contributed by atoms with Gasteiger partial charge in [-0.1, -0.05) is 36.4 Å². The maximum atomic E-state index is 13.8. The third kappa shape index (κ3) is 7.90. The van der Waals surface area contributed by atoms with E-state index in [2.05, 4.69) is 51.5 Å². The van der Waals surface area contributed by atoms with Gasteiger partial charge in [0.25, 0.3) is 5.91 Å². The molecule has 2 heterocycles. The third-order valence-electron chi connectivity index (χ3n) is 9.45. The lowest BCUT2D eigenvalue weighted by atomic mass is 10.1. The molecule has 9 heteroatoms. The lowest BCUT2D eigenvalue weighted by Crippen LogP contribution is -2.41. The molecule has 0 bridgehead atoms. The maximum absolute atomic E-state index is 13.8. The first-order valence-electron chi connectivity index (χ1n) is 17.0. The summed E-state index contributed by atoms with van der Waals surface area (Å²) in [5.41, 5.74) is 6.61. The van der Waals surface area contributed by atoms with Crippen LogP contribution in [0.15, 0.2) is 73.1 Å². The van der Waals surface area contributed by atoms with Crippen LogP contribution in [0, 0.1) is 19.3 Å². The van der Waals surface area contributed by atoms with Crippen molar-refractivity contribution in [3.63, 3.8) is 0 Å². The van der Waals surface area contributed by atoms with E-state index in [1.54, 1.807) is 0 Å². The predicted octanol–water partition coefficient (Wildman–Crippen LogP) is 6.02. The van der Waals surface area contributed by atoms with E-state index in [0.29, 0.717) is 51.3 Å². The van der Waals surface area contributed by atoms with E-state index in [-0.39, 0.29) is 17.2 Å². The van der Waals surface area contributed by atoms with Gasteiger partial charge in [0.05, 0.1) is 65.9 Å². The van der Waals surface area contributed by atoms with Crippen LogP contribution >= 0.6 is 0 Å². The Balaban J connectivity index is 1.14. The summed E-state index contributed by atoms with van der Waals surface area (Å²) >= 11 is 0. The largest absolute Gasteiger partial charge is 0.493 e. The summed E-state index contributed by atoms with van der Waals surface area (Å²) in [7, 11) is 6.32. The molecule has 2 amide bonds. The zero-order valence-electron chi connectivity index (χ0n) is 28.9. The van der Waals surface area contributed by atoms with Gasteiger partial charge in [-0.2, -0.15) is 5.10 Å². The molecule has 1 fully saturated rings. The number of likely N-dealkylation sites (N-methyl/N-ethyl adjacent to an activating group) is 1. The van der Waals surface area contributed by atoms with Gasteiger partial charge < -0.3 is 24.2 Å². The van der Waals surface area contributed by atoms with Crippen LogP contribution in [-0.4, -0.2) is 80.1 Å². The molecule has 1 spiro atoms. The number of amides is 2. The summed E-state index contributed by atoms with van der Waals surface area (Å²) in [5, 5.41) is 7.68. The van der Waals surface area contributed by atoms with Gasteiger partial charge in [-0.25, -0.2) is 0 Å². The van der Waals surface area contributed by atoms with Gasteiger partial charge in [-0.3, -0.25) is 14.3 Å². The highest BCUT2D eigenvalue weighted by atomic mass is 16.5. The first kappa shape index (κ1) is 33.3. The molecule has 0 saturated heterocycles. The highest BCUT2D eigenvalue weighted by Crippen LogP contribution is 2.52. The van der Waals surface area contributed by atoms with Crippen molar-refractivity contribution in [3.05, 3.63) is 95.3 Å². The van der Waals surface area contributed by atoms with Crippen LogP contribution in [0.3, 0.4) is 0 Å². The number of aryl methyl sites for hydroxylation is 1. The van der Waals surface area contributed by atoms with Gasteiger partial charge in [0, 0.05) is 41.3 Å². The average molecular weight is 651 g/mol. The number of carbonyl (C=O) groups excluding carboxylic acids is 2. The smallest absolute Gasteiger partial charge is 0.251 e. The highest BCUT2D eigenvalue weighted by molar-refractivity contribution is 5.97. The van der Waals surface area contributed by atoms with E-state index in [1.807, 2.05) is 76.6 Å². The Morgan fingerprint density at radius 1 is 1.04 bits per heavy atom. The topological polar surface area (TPSA) is 85.7 Å².